The van der Waals surface area contributed by atoms with Crippen molar-refractivity contribution in [3.63, 3.8) is 0 Å². The summed E-state index contributed by atoms with van der Waals surface area (Å²) in [5.41, 5.74) is 3.89. The number of amides is 1. The van der Waals surface area contributed by atoms with Gasteiger partial charge in [0.15, 0.2) is 0 Å². The maximum atomic E-state index is 12.1. The first-order chi connectivity index (χ1) is 13.2. The molecule has 0 saturated heterocycles. The maximum Gasteiger partial charge on any atom is 0.271 e. The molecule has 1 aromatic heterocycles. The highest BCUT2D eigenvalue weighted by Crippen LogP contribution is 2.23. The Morgan fingerprint density at radius 1 is 1.11 bits per heavy atom. The Hall–Kier alpha value is -3.05. The maximum absolute atomic E-state index is 12.1. The number of nitrogens with one attached hydrogen (secondary N) is 1. The van der Waals surface area contributed by atoms with E-state index < -0.39 is 0 Å². The lowest BCUT2D eigenvalue weighted by Crippen LogP contribution is -2.17. The number of benzene rings is 2. The molecule has 2 aromatic carbocycles. The highest BCUT2D eigenvalue weighted by atomic mass is 35.5. The first-order valence-corrected chi connectivity index (χ1v) is 8.95. The fourth-order valence-corrected chi connectivity index (χ4v) is 2.46. The number of ether oxygens (including phenoxy) is 1. The number of hydrogen-bond acceptors (Lipinski definition) is 4. The van der Waals surface area contributed by atoms with Crippen molar-refractivity contribution in [2.75, 3.05) is 6.61 Å². The Morgan fingerprint density at radius 2 is 1.85 bits per heavy atom. The third-order valence-corrected chi connectivity index (χ3v) is 3.95. The van der Waals surface area contributed by atoms with Crippen LogP contribution in [0.25, 0.3) is 11.3 Å². The van der Waals surface area contributed by atoms with E-state index in [0.29, 0.717) is 28.7 Å². The highest BCUT2D eigenvalue weighted by molar-refractivity contribution is 6.30. The van der Waals surface area contributed by atoms with E-state index in [1.807, 2.05) is 25.1 Å². The van der Waals surface area contributed by atoms with Gasteiger partial charge in [-0.2, -0.15) is 5.10 Å². The van der Waals surface area contributed by atoms with Gasteiger partial charge in [0.2, 0.25) is 0 Å². The number of nitrogens with zero attached hydrogens (tertiary/aromatic N) is 1. The van der Waals surface area contributed by atoms with Gasteiger partial charge in [-0.05, 0) is 67.1 Å². The summed E-state index contributed by atoms with van der Waals surface area (Å²) in [6.45, 7) is 2.69. The van der Waals surface area contributed by atoms with Crippen molar-refractivity contribution >= 4 is 23.7 Å². The van der Waals surface area contributed by atoms with Gasteiger partial charge < -0.3 is 9.15 Å². The molecule has 0 fully saturated rings. The summed E-state index contributed by atoms with van der Waals surface area (Å²) in [5, 5.41) is 4.61. The summed E-state index contributed by atoms with van der Waals surface area (Å²) in [5.74, 6) is 1.66. The zero-order valence-electron chi connectivity index (χ0n) is 14.8. The van der Waals surface area contributed by atoms with E-state index in [2.05, 4.69) is 10.5 Å². The standard InChI is InChI=1S/C21H19ClN2O3/c1-2-13-26-18-9-5-16(6-10-18)21(25)24-23-14-19-11-12-20(27-19)15-3-7-17(22)8-4-15/h3-12,14H,2,13H2,1H3,(H,24,25)/b23-14+. The van der Waals surface area contributed by atoms with Gasteiger partial charge in [-0.25, -0.2) is 5.43 Å². The molecule has 0 unspecified atom stereocenters. The van der Waals surface area contributed by atoms with Crippen LogP contribution in [-0.2, 0) is 0 Å². The Morgan fingerprint density at radius 3 is 2.56 bits per heavy atom. The molecule has 3 rings (SSSR count). The van der Waals surface area contributed by atoms with Crippen LogP contribution in [-0.4, -0.2) is 18.7 Å². The fourth-order valence-electron chi connectivity index (χ4n) is 2.33. The van der Waals surface area contributed by atoms with Crippen molar-refractivity contribution in [3.8, 4) is 17.1 Å². The quantitative estimate of drug-likeness (QED) is 0.454. The Labute approximate surface area is 162 Å². The molecule has 0 aliphatic carbocycles. The minimum absolute atomic E-state index is 0.308. The average molecular weight is 383 g/mol. The van der Waals surface area contributed by atoms with Crippen molar-refractivity contribution in [1.82, 2.24) is 5.43 Å². The molecule has 1 amide bonds. The molecule has 0 atom stereocenters. The predicted molar refractivity (Wildman–Crippen MR) is 106 cm³/mol. The van der Waals surface area contributed by atoms with Crippen molar-refractivity contribution < 1.29 is 13.9 Å². The molecule has 0 aliphatic heterocycles. The van der Waals surface area contributed by atoms with Crippen LogP contribution in [0.3, 0.4) is 0 Å². The van der Waals surface area contributed by atoms with Crippen LogP contribution in [0.15, 0.2) is 70.2 Å². The summed E-state index contributed by atoms with van der Waals surface area (Å²) in [4.78, 5) is 12.1. The summed E-state index contributed by atoms with van der Waals surface area (Å²) in [6, 6.07) is 17.9. The molecular weight excluding hydrogens is 364 g/mol. The van der Waals surface area contributed by atoms with Gasteiger partial charge in [0.1, 0.15) is 17.3 Å². The Kier molecular flexibility index (Phi) is 6.28. The van der Waals surface area contributed by atoms with E-state index in [9.17, 15) is 4.79 Å². The van der Waals surface area contributed by atoms with Crippen molar-refractivity contribution in [2.24, 2.45) is 5.10 Å². The van der Waals surface area contributed by atoms with E-state index >= 15 is 0 Å². The van der Waals surface area contributed by atoms with E-state index in [0.717, 1.165) is 17.7 Å². The van der Waals surface area contributed by atoms with E-state index in [1.54, 1.807) is 42.5 Å². The largest absolute Gasteiger partial charge is 0.494 e. The lowest BCUT2D eigenvalue weighted by atomic mass is 10.2. The monoisotopic (exact) mass is 382 g/mol. The van der Waals surface area contributed by atoms with Crippen molar-refractivity contribution in [2.45, 2.75) is 13.3 Å². The summed E-state index contributed by atoms with van der Waals surface area (Å²) >= 11 is 5.89. The number of halogens is 1. The predicted octanol–water partition coefficient (Wildman–Crippen LogP) is 5.15. The number of hydrogen-bond donors (Lipinski definition) is 1. The second-order valence-electron chi connectivity index (χ2n) is 5.78. The minimum atomic E-state index is -0.308. The molecule has 6 heteroatoms. The van der Waals surface area contributed by atoms with Crippen molar-refractivity contribution in [3.05, 3.63) is 77.0 Å². The van der Waals surface area contributed by atoms with E-state index in [4.69, 9.17) is 20.8 Å². The van der Waals surface area contributed by atoms with Crippen LogP contribution < -0.4 is 10.2 Å². The molecule has 0 aliphatic rings. The van der Waals surface area contributed by atoms with E-state index in [1.165, 1.54) is 6.21 Å². The van der Waals surface area contributed by atoms with Gasteiger partial charge in [-0.1, -0.05) is 18.5 Å². The zero-order chi connectivity index (χ0) is 19.1. The third-order valence-electron chi connectivity index (χ3n) is 3.70. The van der Waals surface area contributed by atoms with Crippen LogP contribution in [0.1, 0.15) is 29.5 Å². The molecule has 0 spiro atoms. The van der Waals surface area contributed by atoms with E-state index in [-0.39, 0.29) is 5.91 Å². The summed E-state index contributed by atoms with van der Waals surface area (Å²) < 4.78 is 11.2. The molecule has 3 aromatic rings. The number of furan rings is 1. The van der Waals surface area contributed by atoms with Crippen LogP contribution in [0, 0.1) is 0 Å². The van der Waals surface area contributed by atoms with Crippen LogP contribution in [0.4, 0.5) is 0 Å². The molecule has 5 nitrogen and oxygen atoms in total. The molecule has 0 radical (unpaired) electrons. The zero-order valence-corrected chi connectivity index (χ0v) is 15.6. The number of carbonyl (C=O) groups excluding carboxylic acids is 1. The second kappa shape index (κ2) is 9.05. The third kappa shape index (κ3) is 5.21. The fraction of sp³-hybridized carbons (Fsp3) is 0.143. The van der Waals surface area contributed by atoms with Gasteiger partial charge in [-0.15, -0.1) is 0 Å². The normalized spacial score (nSPS) is 10.9. The number of rotatable bonds is 7. The number of carbonyl (C=O) groups is 1. The molecule has 138 valence electrons. The van der Waals surface area contributed by atoms with Crippen LogP contribution in [0.2, 0.25) is 5.02 Å². The first-order valence-electron chi connectivity index (χ1n) is 8.58. The lowest BCUT2D eigenvalue weighted by molar-refractivity contribution is 0.0955. The topological polar surface area (TPSA) is 63.8 Å². The van der Waals surface area contributed by atoms with Crippen LogP contribution in [0.5, 0.6) is 5.75 Å². The van der Waals surface area contributed by atoms with Gasteiger partial charge in [-0.3, -0.25) is 4.79 Å². The SMILES string of the molecule is CCCOc1ccc(C(=O)N/N=C/c2ccc(-c3ccc(Cl)cc3)o2)cc1. The smallest absolute Gasteiger partial charge is 0.271 e. The molecule has 0 bridgehead atoms. The van der Waals surface area contributed by atoms with Gasteiger partial charge in [0, 0.05) is 16.1 Å². The van der Waals surface area contributed by atoms with Gasteiger partial charge >= 0.3 is 0 Å². The Balaban J connectivity index is 1.57. The summed E-state index contributed by atoms with van der Waals surface area (Å²) in [6.07, 6.45) is 2.39. The molecule has 0 saturated carbocycles. The van der Waals surface area contributed by atoms with Gasteiger partial charge in [0.25, 0.3) is 5.91 Å². The van der Waals surface area contributed by atoms with Gasteiger partial charge in [0.05, 0.1) is 12.8 Å². The molecule has 1 N–H and O–H groups in total. The highest BCUT2D eigenvalue weighted by Gasteiger charge is 2.06. The average Bonchev–Trinajstić information content (AvgIpc) is 3.16. The number of hydrazone groups is 1. The minimum Gasteiger partial charge on any atom is -0.494 e. The second-order valence-corrected chi connectivity index (χ2v) is 6.22. The van der Waals surface area contributed by atoms with Crippen molar-refractivity contribution in [1.29, 1.82) is 0 Å². The first kappa shape index (κ1) is 18.7. The molecular formula is C21H19ClN2O3. The molecule has 27 heavy (non-hydrogen) atoms. The van der Waals surface area contributed by atoms with Crippen LogP contribution >= 0.6 is 11.6 Å². The Bertz CT molecular complexity index is 915. The summed E-state index contributed by atoms with van der Waals surface area (Å²) in [7, 11) is 0. The molecule has 1 heterocycles. The lowest BCUT2D eigenvalue weighted by Gasteiger charge is -2.05.